The number of aromatic nitrogens is 2. The average molecular weight is 232 g/mol. The predicted octanol–water partition coefficient (Wildman–Crippen LogP) is 2.98. The summed E-state index contributed by atoms with van der Waals surface area (Å²) in [7, 11) is 0. The van der Waals surface area contributed by atoms with Gasteiger partial charge in [0.15, 0.2) is 12.0 Å². The predicted molar refractivity (Wildman–Crippen MR) is 65.1 cm³/mol. The van der Waals surface area contributed by atoms with Crippen LogP contribution in [0.2, 0.25) is 0 Å². The summed E-state index contributed by atoms with van der Waals surface area (Å²) in [5, 5.41) is 4.48. The summed E-state index contributed by atoms with van der Waals surface area (Å²) in [5.74, 6) is 1.06. The van der Waals surface area contributed by atoms with E-state index in [4.69, 9.17) is 4.42 Å². The maximum absolute atomic E-state index is 10.6. The molecule has 0 aromatic carbocycles. The Labute approximate surface area is 100 Å². The molecule has 17 heavy (non-hydrogen) atoms. The lowest BCUT2D eigenvalue weighted by Gasteiger charge is -2.01. The average Bonchev–Trinajstić information content (AvgIpc) is 2.86. The van der Waals surface area contributed by atoms with Crippen molar-refractivity contribution < 1.29 is 9.21 Å². The minimum atomic E-state index is 0.349. The molecular formula is C13H16N2O2. The molecule has 0 radical (unpaired) electrons. The summed E-state index contributed by atoms with van der Waals surface area (Å²) < 4.78 is 7.43. The fraction of sp³-hybridized carbons (Fsp3) is 0.385. The van der Waals surface area contributed by atoms with Gasteiger partial charge in [-0.1, -0.05) is 6.92 Å². The molecule has 0 atom stereocenters. The van der Waals surface area contributed by atoms with Crippen LogP contribution in [-0.4, -0.2) is 16.1 Å². The smallest absolute Gasteiger partial charge is 0.185 e. The second-order valence-corrected chi connectivity index (χ2v) is 4.09. The Balaban J connectivity index is 2.47. The number of rotatable bonds is 4. The van der Waals surface area contributed by atoms with E-state index in [0.29, 0.717) is 17.8 Å². The number of hydrogen-bond acceptors (Lipinski definition) is 3. The first-order chi connectivity index (χ1) is 8.17. The van der Waals surface area contributed by atoms with E-state index in [1.165, 1.54) is 0 Å². The van der Waals surface area contributed by atoms with E-state index in [2.05, 4.69) is 12.0 Å². The Hall–Kier alpha value is -1.84. The summed E-state index contributed by atoms with van der Waals surface area (Å²) in [4.78, 5) is 10.6. The highest BCUT2D eigenvalue weighted by atomic mass is 16.3. The molecule has 2 rings (SSSR count). The maximum Gasteiger partial charge on any atom is 0.185 e. The molecule has 4 nitrogen and oxygen atoms in total. The molecule has 4 heteroatoms. The zero-order valence-corrected chi connectivity index (χ0v) is 10.4. The molecule has 2 aromatic heterocycles. The third kappa shape index (κ3) is 2.02. The van der Waals surface area contributed by atoms with Crippen molar-refractivity contribution in [2.45, 2.75) is 33.7 Å². The summed E-state index contributed by atoms with van der Waals surface area (Å²) in [6.45, 7) is 6.99. The molecule has 0 fully saturated rings. The molecule has 0 spiro atoms. The molecule has 0 unspecified atom stereocenters. The minimum absolute atomic E-state index is 0.349. The van der Waals surface area contributed by atoms with E-state index < -0.39 is 0 Å². The standard InChI is InChI=1S/C13H16N2O2/c1-4-7-15-10(3)13(9(2)14-15)12-6-5-11(8-16)17-12/h5-6,8H,4,7H2,1-3H3. The van der Waals surface area contributed by atoms with Gasteiger partial charge in [0, 0.05) is 12.2 Å². The molecule has 2 heterocycles. The first kappa shape index (κ1) is 11.6. The van der Waals surface area contributed by atoms with Crippen LogP contribution in [0.1, 0.15) is 35.3 Å². The van der Waals surface area contributed by atoms with E-state index >= 15 is 0 Å². The van der Waals surface area contributed by atoms with Gasteiger partial charge >= 0.3 is 0 Å². The molecule has 0 N–H and O–H groups in total. The molecule has 0 aliphatic rings. The molecule has 0 amide bonds. The highest BCUT2D eigenvalue weighted by Gasteiger charge is 2.16. The highest BCUT2D eigenvalue weighted by Crippen LogP contribution is 2.28. The zero-order valence-electron chi connectivity index (χ0n) is 10.4. The number of aryl methyl sites for hydroxylation is 2. The van der Waals surface area contributed by atoms with E-state index in [1.807, 2.05) is 24.6 Å². The first-order valence-electron chi connectivity index (χ1n) is 5.76. The number of aldehydes is 1. The SMILES string of the molecule is CCCn1nc(C)c(-c2ccc(C=O)o2)c1C. The van der Waals surface area contributed by atoms with Gasteiger partial charge in [-0.15, -0.1) is 0 Å². The summed E-state index contributed by atoms with van der Waals surface area (Å²) >= 11 is 0. The number of nitrogens with zero attached hydrogens (tertiary/aromatic N) is 2. The van der Waals surface area contributed by atoms with Crippen molar-refractivity contribution >= 4 is 6.29 Å². The Morgan fingerprint density at radius 3 is 2.76 bits per heavy atom. The van der Waals surface area contributed by atoms with Gasteiger partial charge in [-0.25, -0.2) is 0 Å². The van der Waals surface area contributed by atoms with Gasteiger partial charge in [-0.05, 0) is 32.4 Å². The van der Waals surface area contributed by atoms with Crippen molar-refractivity contribution in [3.63, 3.8) is 0 Å². The van der Waals surface area contributed by atoms with Gasteiger partial charge in [0.1, 0.15) is 5.76 Å². The van der Waals surface area contributed by atoms with Crippen molar-refractivity contribution in [3.05, 3.63) is 29.3 Å². The van der Waals surface area contributed by atoms with Crippen LogP contribution in [0.4, 0.5) is 0 Å². The number of carbonyl (C=O) groups excluding carboxylic acids is 1. The Bertz CT molecular complexity index is 538. The molecule has 0 aliphatic heterocycles. The lowest BCUT2D eigenvalue weighted by atomic mass is 10.1. The Morgan fingerprint density at radius 1 is 1.41 bits per heavy atom. The van der Waals surface area contributed by atoms with E-state index in [-0.39, 0.29) is 0 Å². The molecule has 2 aromatic rings. The Morgan fingerprint density at radius 2 is 2.18 bits per heavy atom. The number of furan rings is 1. The van der Waals surface area contributed by atoms with E-state index in [1.54, 1.807) is 6.07 Å². The van der Waals surface area contributed by atoms with Gasteiger partial charge in [-0.3, -0.25) is 9.48 Å². The van der Waals surface area contributed by atoms with E-state index in [9.17, 15) is 4.79 Å². The normalized spacial score (nSPS) is 10.8. The summed E-state index contributed by atoms with van der Waals surface area (Å²) in [6.07, 6.45) is 1.75. The van der Waals surface area contributed by atoms with Crippen molar-refractivity contribution in [2.24, 2.45) is 0 Å². The van der Waals surface area contributed by atoms with Gasteiger partial charge < -0.3 is 4.42 Å². The van der Waals surface area contributed by atoms with Crippen LogP contribution in [0.15, 0.2) is 16.5 Å². The van der Waals surface area contributed by atoms with Gasteiger partial charge in [-0.2, -0.15) is 5.10 Å². The minimum Gasteiger partial charge on any atom is -0.453 e. The molecular weight excluding hydrogens is 216 g/mol. The maximum atomic E-state index is 10.6. The van der Waals surface area contributed by atoms with Gasteiger partial charge in [0.25, 0.3) is 0 Å². The number of hydrogen-bond donors (Lipinski definition) is 0. The third-order valence-electron chi connectivity index (χ3n) is 2.81. The van der Waals surface area contributed by atoms with Gasteiger partial charge in [0.2, 0.25) is 0 Å². The third-order valence-corrected chi connectivity index (χ3v) is 2.81. The van der Waals surface area contributed by atoms with Crippen LogP contribution in [-0.2, 0) is 6.54 Å². The quantitative estimate of drug-likeness (QED) is 0.761. The first-order valence-corrected chi connectivity index (χ1v) is 5.76. The van der Waals surface area contributed by atoms with E-state index in [0.717, 1.165) is 29.9 Å². The molecule has 90 valence electrons. The monoisotopic (exact) mass is 232 g/mol. The van der Waals surface area contributed by atoms with Crippen molar-refractivity contribution in [1.29, 1.82) is 0 Å². The topological polar surface area (TPSA) is 48.0 Å². The fourth-order valence-corrected chi connectivity index (χ4v) is 2.03. The summed E-state index contributed by atoms with van der Waals surface area (Å²) in [6, 6.07) is 3.50. The van der Waals surface area contributed by atoms with Crippen LogP contribution < -0.4 is 0 Å². The lowest BCUT2D eigenvalue weighted by Crippen LogP contribution is -2.01. The fourth-order valence-electron chi connectivity index (χ4n) is 2.03. The van der Waals surface area contributed by atoms with Crippen molar-refractivity contribution in [2.75, 3.05) is 0 Å². The summed E-state index contributed by atoms with van der Waals surface area (Å²) in [5.41, 5.74) is 3.01. The molecule has 0 aliphatic carbocycles. The lowest BCUT2D eigenvalue weighted by molar-refractivity contribution is 0.110. The van der Waals surface area contributed by atoms with Crippen LogP contribution >= 0.6 is 0 Å². The van der Waals surface area contributed by atoms with Crippen molar-refractivity contribution in [1.82, 2.24) is 9.78 Å². The van der Waals surface area contributed by atoms with Crippen LogP contribution in [0, 0.1) is 13.8 Å². The van der Waals surface area contributed by atoms with Gasteiger partial charge in [0.05, 0.1) is 11.3 Å². The van der Waals surface area contributed by atoms with Crippen LogP contribution in [0.5, 0.6) is 0 Å². The largest absolute Gasteiger partial charge is 0.453 e. The number of carbonyl (C=O) groups is 1. The second kappa shape index (κ2) is 4.57. The van der Waals surface area contributed by atoms with Crippen molar-refractivity contribution in [3.8, 4) is 11.3 Å². The Kier molecular flexibility index (Phi) is 3.13. The highest BCUT2D eigenvalue weighted by molar-refractivity contribution is 5.73. The zero-order chi connectivity index (χ0) is 12.4. The van der Waals surface area contributed by atoms with Crippen LogP contribution in [0.3, 0.4) is 0 Å². The molecule has 0 bridgehead atoms. The molecule has 0 saturated heterocycles. The second-order valence-electron chi connectivity index (χ2n) is 4.09. The molecule has 0 saturated carbocycles. The van der Waals surface area contributed by atoms with Crippen LogP contribution in [0.25, 0.3) is 11.3 Å².